The molecule has 0 aliphatic heterocycles. The lowest BCUT2D eigenvalue weighted by Gasteiger charge is -2.19. The van der Waals surface area contributed by atoms with Crippen LogP contribution in [0.15, 0.2) is 36.5 Å². The third-order valence-electron chi connectivity index (χ3n) is 3.54. The number of nitrogens with one attached hydrogen (secondary N) is 1. The molecule has 112 valence electrons. The molecule has 1 unspecified atom stereocenters. The first kappa shape index (κ1) is 15.6. The van der Waals surface area contributed by atoms with Crippen LogP contribution >= 0.6 is 0 Å². The lowest BCUT2D eigenvalue weighted by molar-refractivity contribution is 0.583. The van der Waals surface area contributed by atoms with Gasteiger partial charge in [0.05, 0.1) is 11.7 Å². The number of aromatic nitrogens is 2. The van der Waals surface area contributed by atoms with Gasteiger partial charge in [-0.1, -0.05) is 44.5 Å². The summed E-state index contributed by atoms with van der Waals surface area (Å²) in [5, 5.41) is 3.59. The Hall–Kier alpha value is -1.74. The molecule has 3 heteroatoms. The SMILES string of the molecule is CCCNC(c1ccc(CCC)cc1)c1ccnc(C)n1. The van der Waals surface area contributed by atoms with Crippen molar-refractivity contribution < 1.29 is 0 Å². The molecule has 0 fully saturated rings. The van der Waals surface area contributed by atoms with Crippen molar-refractivity contribution in [1.82, 2.24) is 15.3 Å². The Balaban J connectivity index is 2.26. The Kier molecular flexibility index (Phi) is 5.88. The van der Waals surface area contributed by atoms with Crippen LogP contribution in [0, 0.1) is 6.92 Å². The molecule has 3 nitrogen and oxygen atoms in total. The summed E-state index contributed by atoms with van der Waals surface area (Å²) >= 11 is 0. The monoisotopic (exact) mass is 283 g/mol. The van der Waals surface area contributed by atoms with Crippen LogP contribution in [0.2, 0.25) is 0 Å². The third kappa shape index (κ3) is 4.36. The zero-order valence-corrected chi connectivity index (χ0v) is 13.3. The van der Waals surface area contributed by atoms with Crippen molar-refractivity contribution in [2.24, 2.45) is 0 Å². The molecule has 1 aromatic heterocycles. The van der Waals surface area contributed by atoms with Gasteiger partial charge in [0.25, 0.3) is 0 Å². The van der Waals surface area contributed by atoms with E-state index in [0.29, 0.717) is 0 Å². The molecule has 1 aromatic carbocycles. The summed E-state index contributed by atoms with van der Waals surface area (Å²) in [6.07, 6.45) is 5.26. The first-order valence-electron chi connectivity index (χ1n) is 7.86. The minimum Gasteiger partial charge on any atom is -0.305 e. The van der Waals surface area contributed by atoms with Crippen LogP contribution < -0.4 is 5.32 Å². The molecule has 0 radical (unpaired) electrons. The standard InChI is InChI=1S/C18H25N3/c1-4-6-15-7-9-16(10-8-15)18(20-12-5-2)17-11-13-19-14(3)21-17/h7-11,13,18,20H,4-6,12H2,1-3H3. The summed E-state index contributed by atoms with van der Waals surface area (Å²) in [6.45, 7) is 7.30. The molecule has 0 saturated heterocycles. The van der Waals surface area contributed by atoms with Gasteiger partial charge in [-0.25, -0.2) is 9.97 Å². The highest BCUT2D eigenvalue weighted by molar-refractivity contribution is 5.30. The van der Waals surface area contributed by atoms with Gasteiger partial charge in [0.15, 0.2) is 0 Å². The molecule has 1 heterocycles. The average molecular weight is 283 g/mol. The van der Waals surface area contributed by atoms with E-state index in [1.54, 1.807) is 0 Å². The summed E-state index contributed by atoms with van der Waals surface area (Å²) in [4.78, 5) is 8.78. The van der Waals surface area contributed by atoms with Crippen molar-refractivity contribution in [2.75, 3.05) is 6.54 Å². The second kappa shape index (κ2) is 7.89. The molecule has 1 N–H and O–H groups in total. The summed E-state index contributed by atoms with van der Waals surface area (Å²) in [5.74, 6) is 0.818. The maximum Gasteiger partial charge on any atom is 0.125 e. The predicted molar refractivity (Wildman–Crippen MR) is 87.3 cm³/mol. The largest absolute Gasteiger partial charge is 0.305 e. The lowest BCUT2D eigenvalue weighted by Crippen LogP contribution is -2.24. The number of hydrogen-bond donors (Lipinski definition) is 1. The van der Waals surface area contributed by atoms with E-state index in [4.69, 9.17) is 0 Å². The summed E-state index contributed by atoms with van der Waals surface area (Å²) in [6, 6.07) is 11.0. The quantitative estimate of drug-likeness (QED) is 0.839. The number of aryl methyl sites for hydroxylation is 2. The normalized spacial score (nSPS) is 12.3. The molecule has 0 spiro atoms. The molecule has 0 saturated carbocycles. The zero-order valence-electron chi connectivity index (χ0n) is 13.3. The topological polar surface area (TPSA) is 37.8 Å². The molecule has 2 aromatic rings. The van der Waals surface area contributed by atoms with E-state index in [2.05, 4.69) is 53.4 Å². The Labute approximate surface area is 127 Å². The average Bonchev–Trinajstić information content (AvgIpc) is 2.50. The smallest absolute Gasteiger partial charge is 0.125 e. The first-order chi connectivity index (χ1) is 10.2. The fraction of sp³-hybridized carbons (Fsp3) is 0.444. The van der Waals surface area contributed by atoms with Gasteiger partial charge in [-0.3, -0.25) is 0 Å². The fourth-order valence-electron chi connectivity index (χ4n) is 2.48. The van der Waals surface area contributed by atoms with Crippen LogP contribution in [0.1, 0.15) is 55.4 Å². The molecule has 0 aliphatic carbocycles. The van der Waals surface area contributed by atoms with Crippen molar-refractivity contribution >= 4 is 0 Å². The maximum atomic E-state index is 4.59. The van der Waals surface area contributed by atoms with Gasteiger partial charge in [-0.2, -0.15) is 0 Å². The van der Waals surface area contributed by atoms with E-state index >= 15 is 0 Å². The van der Waals surface area contributed by atoms with Crippen LogP contribution in [0.5, 0.6) is 0 Å². The van der Waals surface area contributed by atoms with Crippen LogP contribution in [0.25, 0.3) is 0 Å². The van der Waals surface area contributed by atoms with Gasteiger partial charge in [0, 0.05) is 6.20 Å². The van der Waals surface area contributed by atoms with E-state index < -0.39 is 0 Å². The fourth-order valence-corrected chi connectivity index (χ4v) is 2.48. The Morgan fingerprint density at radius 2 is 1.81 bits per heavy atom. The highest BCUT2D eigenvalue weighted by Crippen LogP contribution is 2.21. The number of nitrogens with zero attached hydrogens (tertiary/aromatic N) is 2. The van der Waals surface area contributed by atoms with Gasteiger partial charge >= 0.3 is 0 Å². The van der Waals surface area contributed by atoms with Crippen molar-refractivity contribution in [3.05, 3.63) is 59.2 Å². The number of rotatable bonds is 7. The van der Waals surface area contributed by atoms with Gasteiger partial charge in [0.2, 0.25) is 0 Å². The summed E-state index contributed by atoms with van der Waals surface area (Å²) < 4.78 is 0. The van der Waals surface area contributed by atoms with Gasteiger partial charge in [0.1, 0.15) is 5.82 Å². The van der Waals surface area contributed by atoms with Crippen LogP contribution in [-0.2, 0) is 6.42 Å². The highest BCUT2D eigenvalue weighted by Gasteiger charge is 2.15. The van der Waals surface area contributed by atoms with E-state index in [-0.39, 0.29) is 6.04 Å². The van der Waals surface area contributed by atoms with E-state index in [0.717, 1.165) is 30.9 Å². The van der Waals surface area contributed by atoms with Crippen LogP contribution in [0.3, 0.4) is 0 Å². The number of hydrogen-bond acceptors (Lipinski definition) is 3. The highest BCUT2D eigenvalue weighted by atomic mass is 15.0. The molecule has 1 atom stereocenters. The van der Waals surface area contributed by atoms with Gasteiger partial charge in [-0.05, 0) is 43.5 Å². The predicted octanol–water partition coefficient (Wildman–Crippen LogP) is 3.83. The second-order valence-electron chi connectivity index (χ2n) is 5.41. The molecule has 0 amide bonds. The minimum absolute atomic E-state index is 0.141. The van der Waals surface area contributed by atoms with Crippen molar-refractivity contribution in [3.8, 4) is 0 Å². The molecular formula is C18H25N3. The zero-order chi connectivity index (χ0) is 15.1. The molecule has 0 aliphatic rings. The summed E-state index contributed by atoms with van der Waals surface area (Å²) in [7, 11) is 0. The van der Waals surface area contributed by atoms with Crippen LogP contribution in [-0.4, -0.2) is 16.5 Å². The second-order valence-corrected chi connectivity index (χ2v) is 5.41. The van der Waals surface area contributed by atoms with Gasteiger partial charge in [-0.15, -0.1) is 0 Å². The van der Waals surface area contributed by atoms with Crippen molar-refractivity contribution in [1.29, 1.82) is 0 Å². The maximum absolute atomic E-state index is 4.59. The van der Waals surface area contributed by atoms with E-state index in [9.17, 15) is 0 Å². The Morgan fingerprint density at radius 3 is 2.43 bits per heavy atom. The molecular weight excluding hydrogens is 258 g/mol. The Morgan fingerprint density at radius 1 is 1.05 bits per heavy atom. The third-order valence-corrected chi connectivity index (χ3v) is 3.54. The first-order valence-corrected chi connectivity index (χ1v) is 7.86. The molecule has 2 rings (SSSR count). The lowest BCUT2D eigenvalue weighted by atomic mass is 10.00. The van der Waals surface area contributed by atoms with E-state index in [1.807, 2.05) is 19.2 Å². The Bertz CT molecular complexity index is 549. The van der Waals surface area contributed by atoms with Crippen molar-refractivity contribution in [3.63, 3.8) is 0 Å². The van der Waals surface area contributed by atoms with E-state index in [1.165, 1.54) is 17.5 Å². The molecule has 0 bridgehead atoms. The molecule has 21 heavy (non-hydrogen) atoms. The minimum atomic E-state index is 0.141. The van der Waals surface area contributed by atoms with Gasteiger partial charge < -0.3 is 5.32 Å². The number of benzene rings is 1. The van der Waals surface area contributed by atoms with Crippen LogP contribution in [0.4, 0.5) is 0 Å². The summed E-state index contributed by atoms with van der Waals surface area (Å²) in [5.41, 5.74) is 3.70. The van der Waals surface area contributed by atoms with Crippen molar-refractivity contribution in [2.45, 2.75) is 46.1 Å².